The van der Waals surface area contributed by atoms with Crippen molar-refractivity contribution in [1.29, 1.82) is 5.26 Å². The normalized spacial score (nSPS) is 10.1. The first-order chi connectivity index (χ1) is 7.70. The molecule has 0 fully saturated rings. The average molecular weight is 212 g/mol. The summed E-state index contributed by atoms with van der Waals surface area (Å²) in [4.78, 5) is 4.31. The summed E-state index contributed by atoms with van der Waals surface area (Å²) < 4.78 is 5.53. The van der Waals surface area contributed by atoms with Crippen LogP contribution in [0, 0.1) is 25.2 Å². The van der Waals surface area contributed by atoms with Crippen LogP contribution < -0.4 is 0 Å². The van der Waals surface area contributed by atoms with Crippen LogP contribution in [0.3, 0.4) is 0 Å². The van der Waals surface area contributed by atoms with Crippen LogP contribution in [0.5, 0.6) is 0 Å². The van der Waals surface area contributed by atoms with Crippen molar-refractivity contribution in [3.63, 3.8) is 0 Å². The molecule has 0 saturated heterocycles. The van der Waals surface area contributed by atoms with E-state index < -0.39 is 0 Å². The van der Waals surface area contributed by atoms with E-state index in [9.17, 15) is 0 Å². The zero-order valence-electron chi connectivity index (χ0n) is 9.32. The number of nitriles is 1. The first-order valence-corrected chi connectivity index (χ1v) is 5.11. The van der Waals surface area contributed by atoms with Crippen LogP contribution in [0.4, 0.5) is 0 Å². The Labute approximate surface area is 94.4 Å². The first kappa shape index (κ1) is 10.4. The van der Waals surface area contributed by atoms with Crippen molar-refractivity contribution in [2.75, 3.05) is 0 Å². The van der Waals surface area contributed by atoms with Gasteiger partial charge in [0.2, 0.25) is 5.89 Å². The SMILES string of the molecule is Cc1ccc(-c2nc(CC#N)c(C)o2)cc1. The number of oxazole rings is 1. The lowest BCUT2D eigenvalue weighted by Gasteiger charge is -1.95. The lowest BCUT2D eigenvalue weighted by molar-refractivity contribution is 0.540. The number of benzene rings is 1. The van der Waals surface area contributed by atoms with Crippen molar-refractivity contribution in [3.8, 4) is 17.5 Å². The fourth-order valence-corrected chi connectivity index (χ4v) is 1.49. The maximum absolute atomic E-state index is 8.63. The summed E-state index contributed by atoms with van der Waals surface area (Å²) in [5, 5.41) is 8.63. The van der Waals surface area contributed by atoms with Crippen LogP contribution in [0.25, 0.3) is 11.5 Å². The summed E-state index contributed by atoms with van der Waals surface area (Å²) in [7, 11) is 0. The molecule has 1 aromatic heterocycles. The number of aromatic nitrogens is 1. The molecule has 0 spiro atoms. The highest BCUT2D eigenvalue weighted by atomic mass is 16.4. The molecular formula is C13H12N2O. The van der Waals surface area contributed by atoms with Crippen molar-refractivity contribution in [3.05, 3.63) is 41.3 Å². The third kappa shape index (κ3) is 1.96. The van der Waals surface area contributed by atoms with Crippen LogP contribution in [-0.4, -0.2) is 4.98 Å². The van der Waals surface area contributed by atoms with Gasteiger partial charge >= 0.3 is 0 Å². The van der Waals surface area contributed by atoms with Crippen molar-refractivity contribution in [1.82, 2.24) is 4.98 Å². The zero-order chi connectivity index (χ0) is 11.5. The molecule has 0 N–H and O–H groups in total. The summed E-state index contributed by atoms with van der Waals surface area (Å²) in [5.41, 5.74) is 2.86. The molecule has 0 bridgehead atoms. The van der Waals surface area contributed by atoms with Gasteiger partial charge in [-0.1, -0.05) is 17.7 Å². The fourth-order valence-electron chi connectivity index (χ4n) is 1.49. The van der Waals surface area contributed by atoms with Gasteiger partial charge in [0.05, 0.1) is 18.2 Å². The standard InChI is InChI=1S/C13H12N2O/c1-9-3-5-11(6-4-9)13-15-12(7-8-14)10(2)16-13/h3-6H,7H2,1-2H3. The van der Waals surface area contributed by atoms with E-state index in [-0.39, 0.29) is 0 Å². The van der Waals surface area contributed by atoms with Gasteiger partial charge in [0.25, 0.3) is 0 Å². The van der Waals surface area contributed by atoms with Crippen LogP contribution in [0.2, 0.25) is 0 Å². The molecule has 0 saturated carbocycles. The molecule has 80 valence electrons. The molecule has 0 aliphatic rings. The molecule has 0 amide bonds. The van der Waals surface area contributed by atoms with E-state index in [0.717, 1.165) is 17.0 Å². The summed E-state index contributed by atoms with van der Waals surface area (Å²) in [6, 6.07) is 10.0. The van der Waals surface area contributed by atoms with E-state index >= 15 is 0 Å². The van der Waals surface area contributed by atoms with Crippen LogP contribution in [0.1, 0.15) is 17.0 Å². The Hall–Kier alpha value is -2.08. The minimum Gasteiger partial charge on any atom is -0.441 e. The Bertz CT molecular complexity index is 532. The van der Waals surface area contributed by atoms with Gasteiger partial charge in [0, 0.05) is 5.56 Å². The first-order valence-electron chi connectivity index (χ1n) is 5.11. The quantitative estimate of drug-likeness (QED) is 0.768. The number of hydrogen-bond acceptors (Lipinski definition) is 3. The third-order valence-corrected chi connectivity index (χ3v) is 2.44. The molecule has 16 heavy (non-hydrogen) atoms. The Morgan fingerprint density at radius 1 is 1.25 bits per heavy atom. The largest absolute Gasteiger partial charge is 0.441 e. The fraction of sp³-hybridized carbons (Fsp3) is 0.231. The summed E-state index contributed by atoms with van der Waals surface area (Å²) in [6.07, 6.45) is 0.293. The molecular weight excluding hydrogens is 200 g/mol. The molecule has 0 radical (unpaired) electrons. The molecule has 0 aliphatic heterocycles. The number of hydrogen-bond donors (Lipinski definition) is 0. The predicted octanol–water partition coefficient (Wildman–Crippen LogP) is 3.02. The van der Waals surface area contributed by atoms with E-state index in [2.05, 4.69) is 11.1 Å². The van der Waals surface area contributed by atoms with E-state index in [4.69, 9.17) is 9.68 Å². The maximum Gasteiger partial charge on any atom is 0.226 e. The molecule has 2 rings (SSSR count). The second-order valence-electron chi connectivity index (χ2n) is 3.72. The van der Waals surface area contributed by atoms with Gasteiger partial charge in [-0.2, -0.15) is 5.26 Å². The molecule has 1 aromatic carbocycles. The molecule has 1 heterocycles. The average Bonchev–Trinajstić information content (AvgIpc) is 2.62. The molecule has 3 heteroatoms. The van der Waals surface area contributed by atoms with Gasteiger partial charge in [-0.3, -0.25) is 0 Å². The molecule has 0 aliphatic carbocycles. The Kier molecular flexibility index (Phi) is 2.74. The van der Waals surface area contributed by atoms with E-state index in [1.165, 1.54) is 5.56 Å². The molecule has 2 aromatic rings. The second kappa shape index (κ2) is 4.19. The number of rotatable bonds is 2. The van der Waals surface area contributed by atoms with Crippen molar-refractivity contribution in [2.24, 2.45) is 0 Å². The lowest BCUT2D eigenvalue weighted by atomic mass is 10.1. The van der Waals surface area contributed by atoms with Gasteiger partial charge in [-0.15, -0.1) is 0 Å². The van der Waals surface area contributed by atoms with E-state index in [1.54, 1.807) is 0 Å². The minimum absolute atomic E-state index is 0.293. The van der Waals surface area contributed by atoms with Gasteiger partial charge in [0.1, 0.15) is 5.76 Å². The minimum atomic E-state index is 0.293. The van der Waals surface area contributed by atoms with Gasteiger partial charge in [-0.25, -0.2) is 4.98 Å². The van der Waals surface area contributed by atoms with Gasteiger partial charge in [-0.05, 0) is 26.0 Å². The van der Waals surface area contributed by atoms with Crippen molar-refractivity contribution < 1.29 is 4.42 Å². The second-order valence-corrected chi connectivity index (χ2v) is 3.72. The zero-order valence-corrected chi connectivity index (χ0v) is 9.32. The number of nitrogens with zero attached hydrogens (tertiary/aromatic N) is 2. The van der Waals surface area contributed by atoms with Crippen LogP contribution >= 0.6 is 0 Å². The maximum atomic E-state index is 8.63. The highest BCUT2D eigenvalue weighted by Gasteiger charge is 2.10. The summed E-state index contributed by atoms with van der Waals surface area (Å²) in [6.45, 7) is 3.86. The van der Waals surface area contributed by atoms with Crippen molar-refractivity contribution >= 4 is 0 Å². The smallest absolute Gasteiger partial charge is 0.226 e. The van der Waals surface area contributed by atoms with Crippen molar-refractivity contribution in [2.45, 2.75) is 20.3 Å². The van der Waals surface area contributed by atoms with Gasteiger partial charge in [0.15, 0.2) is 0 Å². The molecule has 0 atom stereocenters. The predicted molar refractivity (Wildman–Crippen MR) is 60.7 cm³/mol. The Balaban J connectivity index is 2.38. The van der Waals surface area contributed by atoms with E-state index in [0.29, 0.717) is 12.3 Å². The highest BCUT2D eigenvalue weighted by molar-refractivity contribution is 5.54. The third-order valence-electron chi connectivity index (χ3n) is 2.44. The monoisotopic (exact) mass is 212 g/mol. The lowest BCUT2D eigenvalue weighted by Crippen LogP contribution is -1.84. The highest BCUT2D eigenvalue weighted by Crippen LogP contribution is 2.22. The van der Waals surface area contributed by atoms with E-state index in [1.807, 2.05) is 38.1 Å². The summed E-state index contributed by atoms with van der Waals surface area (Å²) in [5.74, 6) is 1.31. The topological polar surface area (TPSA) is 49.8 Å². The number of aryl methyl sites for hydroxylation is 2. The van der Waals surface area contributed by atoms with Crippen LogP contribution in [0.15, 0.2) is 28.7 Å². The molecule has 0 unspecified atom stereocenters. The Morgan fingerprint density at radius 3 is 2.56 bits per heavy atom. The Morgan fingerprint density at radius 2 is 1.94 bits per heavy atom. The van der Waals surface area contributed by atoms with Gasteiger partial charge < -0.3 is 4.42 Å². The summed E-state index contributed by atoms with van der Waals surface area (Å²) >= 11 is 0. The van der Waals surface area contributed by atoms with Crippen LogP contribution in [-0.2, 0) is 6.42 Å². The molecule has 3 nitrogen and oxygen atoms in total.